The summed E-state index contributed by atoms with van der Waals surface area (Å²) in [4.78, 5) is 11.7. The predicted molar refractivity (Wildman–Crippen MR) is 64.4 cm³/mol. The van der Waals surface area contributed by atoms with Crippen LogP contribution in [-0.2, 0) is 4.79 Å². The average Bonchev–Trinajstić information content (AvgIpc) is 2.19. The van der Waals surface area contributed by atoms with Crippen molar-refractivity contribution in [2.45, 2.75) is 19.3 Å². The highest BCUT2D eigenvalue weighted by Gasteiger charge is 2.18. The molecule has 1 aromatic rings. The van der Waals surface area contributed by atoms with E-state index < -0.39 is 0 Å². The molecule has 0 spiro atoms. The Morgan fingerprint density at radius 2 is 2.07 bits per heavy atom. The van der Waals surface area contributed by atoms with Crippen LogP contribution < -0.4 is 11.1 Å². The van der Waals surface area contributed by atoms with Gasteiger partial charge in [-0.15, -0.1) is 0 Å². The molecule has 0 aliphatic carbocycles. The van der Waals surface area contributed by atoms with Crippen LogP contribution in [0.5, 0.6) is 0 Å². The predicted octanol–water partition coefficient (Wildman–Crippen LogP) is 1.54. The summed E-state index contributed by atoms with van der Waals surface area (Å²) in [5.41, 5.74) is 6.24. The molecule has 1 amide bonds. The highest BCUT2D eigenvalue weighted by Crippen LogP contribution is 2.18. The fourth-order valence-electron chi connectivity index (χ4n) is 1.47. The maximum atomic E-state index is 11.7. The molecule has 3 nitrogen and oxygen atoms in total. The van der Waals surface area contributed by atoms with E-state index in [0.29, 0.717) is 0 Å². The molecule has 0 aliphatic rings. The lowest BCUT2D eigenvalue weighted by Crippen LogP contribution is -2.37. The fraction of sp³-hybridized carbons (Fsp3) is 0.273. The number of amides is 1. The largest absolute Gasteiger partial charge is 0.376 e. The number of rotatable bonds is 3. The van der Waals surface area contributed by atoms with Crippen molar-refractivity contribution in [1.29, 1.82) is 0 Å². The maximum Gasteiger partial charge on any atom is 0.233 e. The van der Waals surface area contributed by atoms with Crippen molar-refractivity contribution in [3.63, 3.8) is 0 Å². The topological polar surface area (TPSA) is 55.1 Å². The second-order valence-corrected chi connectivity index (χ2v) is 3.66. The van der Waals surface area contributed by atoms with Gasteiger partial charge in [0.05, 0.1) is 5.92 Å². The van der Waals surface area contributed by atoms with Crippen molar-refractivity contribution >= 4 is 23.2 Å². The second-order valence-electron chi connectivity index (χ2n) is 3.23. The molecule has 1 rings (SSSR count). The number of thiocarbonyl (C=S) groups is 1. The zero-order valence-electron chi connectivity index (χ0n) is 8.57. The smallest absolute Gasteiger partial charge is 0.233 e. The summed E-state index contributed by atoms with van der Waals surface area (Å²) in [5.74, 6) is -0.330. The van der Waals surface area contributed by atoms with E-state index in [2.05, 4.69) is 17.5 Å². The van der Waals surface area contributed by atoms with E-state index >= 15 is 0 Å². The number of benzene rings is 1. The number of carbonyl (C=O) groups excluding carboxylic acids is 1. The summed E-state index contributed by atoms with van der Waals surface area (Å²) in [6.07, 6.45) is 0.721. The molecule has 0 saturated carbocycles. The van der Waals surface area contributed by atoms with Crippen molar-refractivity contribution < 1.29 is 4.79 Å². The molecule has 4 heteroatoms. The van der Waals surface area contributed by atoms with E-state index in [-0.39, 0.29) is 16.9 Å². The van der Waals surface area contributed by atoms with Gasteiger partial charge in [-0.2, -0.15) is 0 Å². The first kappa shape index (κ1) is 11.7. The van der Waals surface area contributed by atoms with Gasteiger partial charge in [0.25, 0.3) is 0 Å². The average molecular weight is 222 g/mol. The van der Waals surface area contributed by atoms with Crippen molar-refractivity contribution in [2.24, 2.45) is 5.73 Å². The first-order valence-corrected chi connectivity index (χ1v) is 5.21. The summed E-state index contributed by atoms with van der Waals surface area (Å²) in [6.45, 7) is 1.96. The van der Waals surface area contributed by atoms with Gasteiger partial charge in [0.15, 0.2) is 5.11 Å². The number of hydrogen-bond donors (Lipinski definition) is 2. The van der Waals surface area contributed by atoms with Crippen LogP contribution in [0.4, 0.5) is 0 Å². The van der Waals surface area contributed by atoms with E-state index in [4.69, 9.17) is 5.73 Å². The molecule has 0 bridgehead atoms. The van der Waals surface area contributed by atoms with E-state index in [0.717, 1.165) is 12.0 Å². The Morgan fingerprint density at radius 1 is 1.47 bits per heavy atom. The molecule has 1 aromatic carbocycles. The maximum absolute atomic E-state index is 11.7. The molecule has 3 N–H and O–H groups in total. The Bertz CT molecular complexity index is 351. The highest BCUT2D eigenvalue weighted by atomic mass is 32.1. The molecule has 1 atom stereocenters. The number of nitrogens with two attached hydrogens (primary N) is 1. The minimum absolute atomic E-state index is 0.0226. The molecule has 0 heterocycles. The van der Waals surface area contributed by atoms with E-state index in [1.807, 2.05) is 37.3 Å². The van der Waals surface area contributed by atoms with Crippen molar-refractivity contribution in [2.75, 3.05) is 0 Å². The monoisotopic (exact) mass is 222 g/mol. The SMILES string of the molecule is CCC(C(=O)NC(N)=S)c1ccccc1. The highest BCUT2D eigenvalue weighted by molar-refractivity contribution is 7.80. The number of nitrogens with one attached hydrogen (secondary N) is 1. The Hall–Kier alpha value is -1.42. The van der Waals surface area contributed by atoms with Gasteiger partial charge in [0.2, 0.25) is 5.91 Å². The molecule has 0 aliphatic heterocycles. The summed E-state index contributed by atoms with van der Waals surface area (Å²) in [5, 5.41) is 2.49. The quantitative estimate of drug-likeness (QED) is 0.763. The Morgan fingerprint density at radius 3 is 2.53 bits per heavy atom. The summed E-state index contributed by atoms with van der Waals surface area (Å²) < 4.78 is 0. The number of carbonyl (C=O) groups is 1. The molecular weight excluding hydrogens is 208 g/mol. The van der Waals surface area contributed by atoms with Crippen molar-refractivity contribution in [1.82, 2.24) is 5.32 Å². The van der Waals surface area contributed by atoms with Crippen LogP contribution in [0, 0.1) is 0 Å². The third-order valence-electron chi connectivity index (χ3n) is 2.17. The van der Waals surface area contributed by atoms with Crippen LogP contribution in [0.15, 0.2) is 30.3 Å². The molecule has 15 heavy (non-hydrogen) atoms. The van der Waals surface area contributed by atoms with Gasteiger partial charge in [-0.3, -0.25) is 4.79 Å². The molecule has 0 aromatic heterocycles. The zero-order valence-corrected chi connectivity index (χ0v) is 9.38. The van der Waals surface area contributed by atoms with E-state index in [1.165, 1.54) is 0 Å². The fourth-order valence-corrected chi connectivity index (χ4v) is 1.57. The lowest BCUT2D eigenvalue weighted by molar-refractivity contribution is -0.121. The van der Waals surface area contributed by atoms with Gasteiger partial charge in [0, 0.05) is 0 Å². The molecular formula is C11H14N2OS. The lowest BCUT2D eigenvalue weighted by atomic mass is 9.96. The standard InChI is InChI=1S/C11H14N2OS/c1-2-9(10(14)13-11(12)15)8-6-4-3-5-7-8/h3-7,9H,2H2,1H3,(H3,12,13,14,15). The van der Waals surface area contributed by atoms with Crippen LogP contribution in [0.3, 0.4) is 0 Å². The van der Waals surface area contributed by atoms with Crippen LogP contribution in [0.2, 0.25) is 0 Å². The van der Waals surface area contributed by atoms with Gasteiger partial charge < -0.3 is 11.1 Å². The Labute approximate surface area is 94.7 Å². The molecule has 0 radical (unpaired) electrons. The summed E-state index contributed by atoms with van der Waals surface area (Å²) >= 11 is 4.63. The van der Waals surface area contributed by atoms with Crippen LogP contribution in [0.25, 0.3) is 0 Å². The van der Waals surface area contributed by atoms with Gasteiger partial charge in [0.1, 0.15) is 0 Å². The van der Waals surface area contributed by atoms with Gasteiger partial charge >= 0.3 is 0 Å². The van der Waals surface area contributed by atoms with E-state index in [9.17, 15) is 4.79 Å². The minimum Gasteiger partial charge on any atom is -0.376 e. The second kappa shape index (κ2) is 5.46. The molecule has 1 unspecified atom stereocenters. The van der Waals surface area contributed by atoms with Gasteiger partial charge in [-0.1, -0.05) is 37.3 Å². The molecule has 0 fully saturated rings. The first-order valence-electron chi connectivity index (χ1n) is 4.80. The van der Waals surface area contributed by atoms with Crippen molar-refractivity contribution in [3.8, 4) is 0 Å². The van der Waals surface area contributed by atoms with E-state index in [1.54, 1.807) is 0 Å². The zero-order chi connectivity index (χ0) is 11.3. The molecule has 80 valence electrons. The van der Waals surface area contributed by atoms with Gasteiger partial charge in [-0.05, 0) is 24.2 Å². The normalized spacial score (nSPS) is 11.8. The van der Waals surface area contributed by atoms with Crippen LogP contribution >= 0.6 is 12.2 Å². The number of hydrogen-bond acceptors (Lipinski definition) is 2. The Kier molecular flexibility index (Phi) is 4.24. The Balaban J connectivity index is 2.80. The van der Waals surface area contributed by atoms with Crippen LogP contribution in [-0.4, -0.2) is 11.0 Å². The van der Waals surface area contributed by atoms with Crippen LogP contribution in [0.1, 0.15) is 24.8 Å². The summed E-state index contributed by atoms with van der Waals surface area (Å²) in [6, 6.07) is 9.58. The minimum atomic E-state index is -0.187. The van der Waals surface area contributed by atoms with Gasteiger partial charge in [-0.25, -0.2) is 0 Å². The third kappa shape index (κ3) is 3.32. The summed E-state index contributed by atoms with van der Waals surface area (Å²) in [7, 11) is 0. The molecule has 0 saturated heterocycles. The lowest BCUT2D eigenvalue weighted by Gasteiger charge is -2.14. The third-order valence-corrected chi connectivity index (χ3v) is 2.28. The van der Waals surface area contributed by atoms with Crippen molar-refractivity contribution in [3.05, 3.63) is 35.9 Å². The first-order chi connectivity index (χ1) is 7.15.